The molecule has 0 atom stereocenters. The van der Waals surface area contributed by atoms with Crippen molar-refractivity contribution in [2.24, 2.45) is 17.3 Å². The molecule has 76 valence electrons. The summed E-state index contributed by atoms with van der Waals surface area (Å²) < 4.78 is 0. The van der Waals surface area contributed by atoms with Gasteiger partial charge in [0.05, 0.1) is 6.61 Å². The summed E-state index contributed by atoms with van der Waals surface area (Å²) in [5.41, 5.74) is -0.397. The number of carbonyl (C=O) groups excluding carboxylic acids is 1. The van der Waals surface area contributed by atoms with Gasteiger partial charge in [-0.2, -0.15) is 0 Å². The first-order chi connectivity index (χ1) is 6.13. The summed E-state index contributed by atoms with van der Waals surface area (Å²) in [7, 11) is 0. The first-order valence-corrected chi connectivity index (χ1v) is 5.21. The molecule has 1 N–H and O–H groups in total. The minimum absolute atomic E-state index is 0.0291. The molecular weight excluding hydrogens is 164 g/mol. The van der Waals surface area contributed by atoms with Gasteiger partial charge in [0.15, 0.2) is 0 Å². The Labute approximate surface area is 80.3 Å². The zero-order valence-electron chi connectivity index (χ0n) is 8.62. The van der Waals surface area contributed by atoms with E-state index in [1.165, 1.54) is 0 Å². The Hall–Kier alpha value is -0.370. The highest BCUT2D eigenvalue weighted by atomic mass is 16.3. The molecule has 0 unspecified atom stereocenters. The zero-order chi connectivity index (χ0) is 9.90. The van der Waals surface area contributed by atoms with Gasteiger partial charge in [-0.25, -0.2) is 0 Å². The molecule has 0 heterocycles. The summed E-state index contributed by atoms with van der Waals surface area (Å²) in [6.45, 7) is 4.50. The molecule has 0 aromatic heterocycles. The molecular formula is C11H20O2. The fourth-order valence-electron chi connectivity index (χ4n) is 2.19. The largest absolute Gasteiger partial charge is 0.395 e. The molecule has 0 aromatic rings. The van der Waals surface area contributed by atoms with E-state index in [2.05, 4.69) is 13.8 Å². The fraction of sp³-hybridized carbons (Fsp3) is 0.909. The number of aldehydes is 1. The highest BCUT2D eigenvalue weighted by Crippen LogP contribution is 2.39. The van der Waals surface area contributed by atoms with E-state index >= 15 is 0 Å². The van der Waals surface area contributed by atoms with Gasteiger partial charge in [-0.3, -0.25) is 0 Å². The third-order valence-electron chi connectivity index (χ3n) is 3.53. The normalized spacial score (nSPS) is 34.9. The Kier molecular flexibility index (Phi) is 3.48. The zero-order valence-corrected chi connectivity index (χ0v) is 8.62. The van der Waals surface area contributed by atoms with Gasteiger partial charge in [0.2, 0.25) is 0 Å². The van der Waals surface area contributed by atoms with Crippen LogP contribution in [0.3, 0.4) is 0 Å². The van der Waals surface area contributed by atoms with Crippen LogP contribution < -0.4 is 0 Å². The van der Waals surface area contributed by atoms with Gasteiger partial charge in [-0.1, -0.05) is 13.8 Å². The van der Waals surface area contributed by atoms with Gasteiger partial charge >= 0.3 is 0 Å². The molecule has 2 nitrogen and oxygen atoms in total. The van der Waals surface area contributed by atoms with E-state index in [1.54, 1.807) is 0 Å². The molecule has 1 fully saturated rings. The van der Waals surface area contributed by atoms with Gasteiger partial charge in [0.25, 0.3) is 0 Å². The van der Waals surface area contributed by atoms with Crippen molar-refractivity contribution < 1.29 is 9.90 Å². The van der Waals surface area contributed by atoms with Gasteiger partial charge in [-0.15, -0.1) is 0 Å². The summed E-state index contributed by atoms with van der Waals surface area (Å²) in [5, 5.41) is 9.14. The monoisotopic (exact) mass is 184 g/mol. The molecule has 1 rings (SSSR count). The maximum atomic E-state index is 10.8. The molecule has 0 radical (unpaired) electrons. The van der Waals surface area contributed by atoms with Gasteiger partial charge in [0.1, 0.15) is 6.29 Å². The lowest BCUT2D eigenvalue weighted by atomic mass is 9.69. The number of hydrogen-bond acceptors (Lipinski definition) is 2. The van der Waals surface area contributed by atoms with Crippen molar-refractivity contribution in [1.82, 2.24) is 0 Å². The van der Waals surface area contributed by atoms with Crippen LogP contribution in [0.25, 0.3) is 0 Å². The summed E-state index contributed by atoms with van der Waals surface area (Å²) in [4.78, 5) is 10.8. The standard InChI is InChI=1S/C11H20O2/c1-9(2)10-3-5-11(7-12,8-13)6-4-10/h7,9-10,13H,3-6,8H2,1-2H3. The van der Waals surface area contributed by atoms with Gasteiger partial charge < -0.3 is 9.90 Å². The molecule has 1 aliphatic rings. The van der Waals surface area contributed by atoms with Crippen LogP contribution in [-0.4, -0.2) is 18.0 Å². The van der Waals surface area contributed by atoms with Crippen molar-refractivity contribution in [2.75, 3.05) is 6.61 Å². The van der Waals surface area contributed by atoms with E-state index in [0.29, 0.717) is 5.92 Å². The van der Waals surface area contributed by atoms with Crippen LogP contribution in [-0.2, 0) is 4.79 Å². The second-order valence-electron chi connectivity index (χ2n) is 4.72. The van der Waals surface area contributed by atoms with E-state index in [4.69, 9.17) is 5.11 Å². The minimum atomic E-state index is -0.397. The Balaban J connectivity index is 2.50. The summed E-state index contributed by atoms with van der Waals surface area (Å²) in [5.74, 6) is 1.46. The first kappa shape index (κ1) is 10.7. The molecule has 2 heteroatoms. The maximum absolute atomic E-state index is 10.8. The molecule has 0 saturated heterocycles. The van der Waals surface area contributed by atoms with Crippen molar-refractivity contribution in [1.29, 1.82) is 0 Å². The topological polar surface area (TPSA) is 37.3 Å². The number of hydrogen-bond donors (Lipinski definition) is 1. The average molecular weight is 184 g/mol. The highest BCUT2D eigenvalue weighted by Gasteiger charge is 2.35. The number of rotatable bonds is 3. The lowest BCUT2D eigenvalue weighted by Gasteiger charge is -2.36. The third kappa shape index (κ3) is 2.31. The molecule has 0 aromatic carbocycles. The van der Waals surface area contributed by atoms with Crippen LogP contribution in [0.1, 0.15) is 39.5 Å². The van der Waals surface area contributed by atoms with Crippen LogP contribution in [0.2, 0.25) is 0 Å². The molecule has 0 bridgehead atoms. The summed E-state index contributed by atoms with van der Waals surface area (Å²) >= 11 is 0. The summed E-state index contributed by atoms with van der Waals surface area (Å²) in [6, 6.07) is 0. The Morgan fingerprint density at radius 2 is 2.00 bits per heavy atom. The minimum Gasteiger partial charge on any atom is -0.395 e. The molecule has 0 amide bonds. The second-order valence-corrected chi connectivity index (χ2v) is 4.72. The summed E-state index contributed by atoms with van der Waals surface area (Å²) in [6.07, 6.45) is 4.89. The SMILES string of the molecule is CC(C)C1CCC(C=O)(CO)CC1. The van der Waals surface area contributed by atoms with Crippen LogP contribution in [0.15, 0.2) is 0 Å². The highest BCUT2D eigenvalue weighted by molar-refractivity contribution is 5.59. The molecule has 0 spiro atoms. The van der Waals surface area contributed by atoms with E-state index in [0.717, 1.165) is 37.9 Å². The lowest BCUT2D eigenvalue weighted by Crippen LogP contribution is -2.33. The first-order valence-electron chi connectivity index (χ1n) is 5.21. The number of aliphatic hydroxyl groups is 1. The number of carbonyl (C=O) groups is 1. The van der Waals surface area contributed by atoms with Crippen LogP contribution in [0.4, 0.5) is 0 Å². The van der Waals surface area contributed by atoms with E-state index < -0.39 is 5.41 Å². The van der Waals surface area contributed by atoms with Gasteiger partial charge in [-0.05, 0) is 37.5 Å². The maximum Gasteiger partial charge on any atom is 0.128 e. The Morgan fingerprint density at radius 1 is 1.46 bits per heavy atom. The predicted octanol–water partition coefficient (Wildman–Crippen LogP) is 2.01. The Bertz CT molecular complexity index is 167. The van der Waals surface area contributed by atoms with Crippen molar-refractivity contribution in [3.05, 3.63) is 0 Å². The Morgan fingerprint density at radius 3 is 2.31 bits per heavy atom. The van der Waals surface area contributed by atoms with Crippen molar-refractivity contribution in [2.45, 2.75) is 39.5 Å². The van der Waals surface area contributed by atoms with Crippen molar-refractivity contribution in [3.8, 4) is 0 Å². The molecule has 1 saturated carbocycles. The smallest absolute Gasteiger partial charge is 0.128 e. The van der Waals surface area contributed by atoms with Crippen molar-refractivity contribution in [3.63, 3.8) is 0 Å². The quantitative estimate of drug-likeness (QED) is 0.681. The van der Waals surface area contributed by atoms with Crippen LogP contribution >= 0.6 is 0 Å². The second kappa shape index (κ2) is 4.23. The van der Waals surface area contributed by atoms with Crippen molar-refractivity contribution >= 4 is 6.29 Å². The fourth-order valence-corrected chi connectivity index (χ4v) is 2.19. The molecule has 0 aliphatic heterocycles. The van der Waals surface area contributed by atoms with E-state index in [-0.39, 0.29) is 6.61 Å². The number of aliphatic hydroxyl groups excluding tert-OH is 1. The third-order valence-corrected chi connectivity index (χ3v) is 3.53. The van der Waals surface area contributed by atoms with E-state index in [1.807, 2.05) is 0 Å². The van der Waals surface area contributed by atoms with Crippen LogP contribution in [0.5, 0.6) is 0 Å². The predicted molar refractivity (Wildman–Crippen MR) is 52.4 cm³/mol. The molecule has 13 heavy (non-hydrogen) atoms. The van der Waals surface area contributed by atoms with Gasteiger partial charge in [0, 0.05) is 5.41 Å². The van der Waals surface area contributed by atoms with Crippen LogP contribution in [0, 0.1) is 17.3 Å². The van der Waals surface area contributed by atoms with E-state index in [9.17, 15) is 4.79 Å². The molecule has 1 aliphatic carbocycles. The lowest BCUT2D eigenvalue weighted by molar-refractivity contribution is -0.121. The average Bonchev–Trinajstić information content (AvgIpc) is 2.18.